The standard InChI is InChI=1S/C60H67N5O15/c61-48(27-32-53(68)77-38-43-18-8-2-9-19-43)57(72)63-50(29-34-55(70)79-40-45-22-12-4-13-23-45)59(74)65-51(30-35-56(71)80-41-46-24-14-5-15-25-46)60(75)64-49(28-33-54(69)78-39-44-20-10-3-11-21-44)58(73)62-47(36-66)26-31-52(67)76-37-42-16-6-1-7-17-42/h1-25,36,47-51H,26-35,37-41,61H2,(H,62,73)(H,63,72)(H,64,75)(H,65,74)/t47-,48-,49-,50-,51-/m1/s1. The number of rotatable bonds is 34. The van der Waals surface area contributed by atoms with Crippen LogP contribution in [0.2, 0.25) is 0 Å². The first-order chi connectivity index (χ1) is 38.7. The molecule has 5 aromatic carbocycles. The highest BCUT2D eigenvalue weighted by molar-refractivity contribution is 5.96. The molecule has 4 amide bonds. The van der Waals surface area contributed by atoms with Crippen LogP contribution in [0.15, 0.2) is 152 Å². The smallest absolute Gasteiger partial charge is 0.306 e. The highest BCUT2D eigenvalue weighted by Gasteiger charge is 2.33. The van der Waals surface area contributed by atoms with Crippen LogP contribution in [0.5, 0.6) is 0 Å². The normalized spacial score (nSPS) is 12.6. The predicted octanol–water partition coefficient (Wildman–Crippen LogP) is 5.07. The number of hydrogen-bond acceptors (Lipinski definition) is 16. The molecule has 0 aliphatic carbocycles. The number of esters is 5. The summed E-state index contributed by atoms with van der Waals surface area (Å²) in [7, 11) is 0. The van der Waals surface area contributed by atoms with Crippen LogP contribution in [0.4, 0.5) is 0 Å². The largest absolute Gasteiger partial charge is 0.461 e. The summed E-state index contributed by atoms with van der Waals surface area (Å²) in [6.45, 7) is -0.341. The third kappa shape index (κ3) is 24.1. The van der Waals surface area contributed by atoms with Crippen molar-refractivity contribution in [2.45, 2.75) is 127 Å². The van der Waals surface area contributed by atoms with Crippen molar-refractivity contribution < 1.29 is 71.6 Å². The monoisotopic (exact) mass is 1100 g/mol. The second-order valence-corrected chi connectivity index (χ2v) is 18.5. The Kier molecular flexibility index (Phi) is 26.8. The summed E-state index contributed by atoms with van der Waals surface area (Å²) >= 11 is 0. The fourth-order valence-corrected chi connectivity index (χ4v) is 7.60. The van der Waals surface area contributed by atoms with Gasteiger partial charge in [-0.3, -0.25) is 43.2 Å². The van der Waals surface area contributed by atoms with E-state index >= 15 is 0 Å². The Morgan fingerprint density at radius 1 is 0.338 bits per heavy atom. The van der Waals surface area contributed by atoms with E-state index in [1.807, 2.05) is 6.07 Å². The number of ether oxygens (including phenoxy) is 5. The van der Waals surface area contributed by atoms with Crippen LogP contribution in [0.1, 0.15) is 92.0 Å². The van der Waals surface area contributed by atoms with Crippen molar-refractivity contribution >= 4 is 59.8 Å². The maximum Gasteiger partial charge on any atom is 0.306 e. The van der Waals surface area contributed by atoms with Gasteiger partial charge in [0.2, 0.25) is 23.6 Å². The fraction of sp³-hybridized carbons (Fsp3) is 0.333. The molecule has 20 heteroatoms. The van der Waals surface area contributed by atoms with Crippen molar-refractivity contribution in [1.29, 1.82) is 0 Å². The number of nitrogens with one attached hydrogen (secondary N) is 4. The molecule has 0 saturated carbocycles. The molecule has 80 heavy (non-hydrogen) atoms. The summed E-state index contributed by atoms with van der Waals surface area (Å²) in [6.07, 6.45) is -3.05. The van der Waals surface area contributed by atoms with Gasteiger partial charge in [0.1, 0.15) is 57.4 Å². The van der Waals surface area contributed by atoms with E-state index in [-0.39, 0.29) is 65.1 Å². The summed E-state index contributed by atoms with van der Waals surface area (Å²) in [4.78, 5) is 133. The van der Waals surface area contributed by atoms with Gasteiger partial charge in [0.15, 0.2) is 0 Å². The molecule has 0 radical (unpaired) electrons. The van der Waals surface area contributed by atoms with Gasteiger partial charge in [-0.15, -0.1) is 0 Å². The zero-order valence-corrected chi connectivity index (χ0v) is 44.2. The second kappa shape index (κ2) is 34.7. The Labute approximate surface area is 463 Å². The minimum atomic E-state index is -1.66. The summed E-state index contributed by atoms with van der Waals surface area (Å²) < 4.78 is 26.9. The number of hydrogen-bond donors (Lipinski definition) is 5. The van der Waals surface area contributed by atoms with E-state index in [9.17, 15) is 47.9 Å². The first-order valence-electron chi connectivity index (χ1n) is 26.1. The van der Waals surface area contributed by atoms with E-state index in [2.05, 4.69) is 21.3 Å². The molecule has 422 valence electrons. The van der Waals surface area contributed by atoms with Gasteiger partial charge in [-0.1, -0.05) is 152 Å². The molecule has 5 aromatic rings. The number of carbonyl (C=O) groups excluding carboxylic acids is 10. The maximum absolute atomic E-state index is 14.5. The Balaban J connectivity index is 1.33. The molecule has 0 spiro atoms. The maximum atomic E-state index is 14.5. The van der Waals surface area contributed by atoms with Gasteiger partial charge in [0, 0.05) is 32.1 Å². The van der Waals surface area contributed by atoms with Crippen molar-refractivity contribution in [2.24, 2.45) is 5.73 Å². The Morgan fingerprint density at radius 2 is 0.575 bits per heavy atom. The van der Waals surface area contributed by atoms with Crippen molar-refractivity contribution in [3.63, 3.8) is 0 Å². The van der Waals surface area contributed by atoms with Crippen LogP contribution in [0.25, 0.3) is 0 Å². The number of amides is 4. The van der Waals surface area contributed by atoms with Gasteiger partial charge < -0.3 is 55.5 Å². The van der Waals surface area contributed by atoms with Gasteiger partial charge in [-0.05, 0) is 59.9 Å². The van der Waals surface area contributed by atoms with E-state index < -0.39 is 116 Å². The van der Waals surface area contributed by atoms with E-state index in [1.54, 1.807) is 146 Å². The molecule has 5 rings (SSSR count). The molecular weight excluding hydrogens is 1030 g/mol. The van der Waals surface area contributed by atoms with Crippen LogP contribution >= 0.6 is 0 Å². The molecular formula is C60H67N5O15. The second-order valence-electron chi connectivity index (χ2n) is 18.5. The number of aldehydes is 1. The SMILES string of the molecule is N[C@H](CCC(=O)OCc1ccccc1)C(=O)N[C@H](CCC(=O)OCc1ccccc1)C(=O)N[C@H](CCC(=O)OCc1ccccc1)C(=O)N[C@H](CCC(=O)OCc1ccccc1)C(=O)N[C@@H](C=O)CCC(=O)OCc1ccccc1. The number of carbonyl (C=O) groups is 10. The quantitative estimate of drug-likeness (QED) is 0.0204. The van der Waals surface area contributed by atoms with Crippen molar-refractivity contribution in [3.05, 3.63) is 179 Å². The molecule has 5 atom stereocenters. The average Bonchev–Trinajstić information content (AvgIpc) is 3.48. The van der Waals surface area contributed by atoms with Crippen LogP contribution in [0.3, 0.4) is 0 Å². The van der Waals surface area contributed by atoms with E-state index in [4.69, 9.17) is 29.4 Å². The lowest BCUT2D eigenvalue weighted by Gasteiger charge is -2.26. The number of benzene rings is 5. The van der Waals surface area contributed by atoms with Crippen LogP contribution in [-0.2, 0) is 105 Å². The highest BCUT2D eigenvalue weighted by Crippen LogP contribution is 2.13. The minimum absolute atomic E-state index is 0.0108. The summed E-state index contributed by atoms with van der Waals surface area (Å²) in [5.41, 5.74) is 9.72. The fourth-order valence-electron chi connectivity index (χ4n) is 7.60. The van der Waals surface area contributed by atoms with Crippen molar-refractivity contribution in [1.82, 2.24) is 21.3 Å². The van der Waals surface area contributed by atoms with Crippen molar-refractivity contribution in [3.8, 4) is 0 Å². The summed E-state index contributed by atoms with van der Waals surface area (Å²) in [5, 5.41) is 10.1. The topological polar surface area (TPSA) is 291 Å². The molecule has 6 N–H and O–H groups in total. The van der Waals surface area contributed by atoms with Gasteiger partial charge in [-0.2, -0.15) is 0 Å². The Morgan fingerprint density at radius 3 is 0.850 bits per heavy atom. The molecule has 0 heterocycles. The van der Waals surface area contributed by atoms with Crippen LogP contribution in [-0.4, -0.2) is 90.0 Å². The first-order valence-corrected chi connectivity index (χ1v) is 26.1. The molecule has 0 aliphatic heterocycles. The Bertz CT molecular complexity index is 2770. The molecule has 0 bridgehead atoms. The zero-order valence-electron chi connectivity index (χ0n) is 44.2. The summed E-state index contributed by atoms with van der Waals surface area (Å²) in [6, 6.07) is 36.7. The minimum Gasteiger partial charge on any atom is -0.461 e. The highest BCUT2D eigenvalue weighted by atomic mass is 16.5. The lowest BCUT2D eigenvalue weighted by atomic mass is 10.0. The molecule has 0 aromatic heterocycles. The van der Waals surface area contributed by atoms with Crippen LogP contribution in [0, 0.1) is 0 Å². The van der Waals surface area contributed by atoms with E-state index in [1.165, 1.54) is 0 Å². The van der Waals surface area contributed by atoms with Gasteiger partial charge in [0.05, 0.1) is 12.1 Å². The lowest BCUT2D eigenvalue weighted by Crippen LogP contribution is -2.58. The lowest BCUT2D eigenvalue weighted by molar-refractivity contribution is -0.147. The van der Waals surface area contributed by atoms with Crippen LogP contribution < -0.4 is 27.0 Å². The first kappa shape index (κ1) is 61.8. The third-order valence-electron chi connectivity index (χ3n) is 12.2. The third-order valence-corrected chi connectivity index (χ3v) is 12.2. The molecule has 0 fully saturated rings. The molecule has 0 aliphatic rings. The summed E-state index contributed by atoms with van der Waals surface area (Å²) in [5.74, 6) is -7.46. The van der Waals surface area contributed by atoms with Crippen molar-refractivity contribution in [2.75, 3.05) is 0 Å². The molecule has 0 unspecified atom stereocenters. The van der Waals surface area contributed by atoms with Gasteiger partial charge in [0.25, 0.3) is 0 Å². The van der Waals surface area contributed by atoms with Gasteiger partial charge >= 0.3 is 29.8 Å². The number of nitrogens with two attached hydrogens (primary N) is 1. The zero-order chi connectivity index (χ0) is 57.3. The predicted molar refractivity (Wildman–Crippen MR) is 289 cm³/mol. The van der Waals surface area contributed by atoms with E-state index in [0.29, 0.717) is 23.0 Å². The van der Waals surface area contributed by atoms with E-state index in [0.717, 1.165) is 11.1 Å². The van der Waals surface area contributed by atoms with Gasteiger partial charge in [-0.25, -0.2) is 0 Å². The molecule has 0 saturated heterocycles. The average molecular weight is 1100 g/mol. The Hall–Kier alpha value is -9.04. The molecule has 20 nitrogen and oxygen atoms in total.